The van der Waals surface area contributed by atoms with Crippen LogP contribution in [-0.4, -0.2) is 20.2 Å². The second kappa shape index (κ2) is 1.94. The highest BCUT2D eigenvalue weighted by Crippen LogP contribution is 2.07. The van der Waals surface area contributed by atoms with E-state index in [-0.39, 0.29) is 0 Å². The van der Waals surface area contributed by atoms with Crippen LogP contribution in [0.1, 0.15) is 0 Å². The zero-order valence-electron chi connectivity index (χ0n) is 4.98. The Morgan fingerprint density at radius 2 is 2.40 bits per heavy atom. The van der Waals surface area contributed by atoms with Gasteiger partial charge in [-0.25, -0.2) is 9.97 Å². The van der Waals surface area contributed by atoms with Crippen molar-refractivity contribution in [1.29, 1.82) is 0 Å². The summed E-state index contributed by atoms with van der Waals surface area (Å²) in [5.41, 5.74) is 0.664. The van der Waals surface area contributed by atoms with E-state index in [1.807, 2.05) is 0 Å². The maximum atomic E-state index is 4.74. The molecule has 0 amide bonds. The van der Waals surface area contributed by atoms with Crippen LogP contribution in [0.25, 0.3) is 11.5 Å². The van der Waals surface area contributed by atoms with Gasteiger partial charge in [-0.05, 0) is 0 Å². The molecule has 5 nitrogen and oxygen atoms in total. The summed E-state index contributed by atoms with van der Waals surface area (Å²) in [4.78, 5) is 7.73. The molecule has 0 aliphatic heterocycles. The van der Waals surface area contributed by atoms with E-state index >= 15 is 0 Å². The highest BCUT2D eigenvalue weighted by atomic mass is 16.3. The van der Waals surface area contributed by atoms with Crippen molar-refractivity contribution in [3.05, 3.63) is 19.0 Å². The van der Waals surface area contributed by atoms with E-state index in [4.69, 9.17) is 4.42 Å². The third-order valence-corrected chi connectivity index (χ3v) is 1.09. The Bertz CT molecular complexity index is 253. The molecule has 0 fully saturated rings. The van der Waals surface area contributed by atoms with Crippen LogP contribution in [-0.2, 0) is 0 Å². The Hall–Kier alpha value is -1.65. The van der Waals surface area contributed by atoms with E-state index in [2.05, 4.69) is 20.2 Å². The fraction of sp³-hybridized carbons (Fsp3) is 0. The van der Waals surface area contributed by atoms with Crippen molar-refractivity contribution >= 4 is 0 Å². The van der Waals surface area contributed by atoms with Gasteiger partial charge in [-0.15, -0.1) is 0 Å². The summed E-state index contributed by atoms with van der Waals surface area (Å²) in [5.74, 6) is 0.619. The third-order valence-electron chi connectivity index (χ3n) is 1.09. The Morgan fingerprint density at radius 3 is 3.00 bits per heavy atom. The van der Waals surface area contributed by atoms with Gasteiger partial charge in [0.2, 0.25) is 0 Å². The number of aromatic nitrogens is 4. The van der Waals surface area contributed by atoms with Crippen LogP contribution in [0.2, 0.25) is 0 Å². The maximum absolute atomic E-state index is 4.74. The first kappa shape index (κ1) is 5.16. The summed E-state index contributed by atoms with van der Waals surface area (Å²) in [6.07, 6.45) is 4.27. The van der Waals surface area contributed by atoms with Gasteiger partial charge < -0.3 is 4.42 Å². The number of nitrogens with zero attached hydrogens (tertiary/aromatic N) is 3. The molecule has 0 aromatic carbocycles. The third kappa shape index (κ3) is 0.680. The van der Waals surface area contributed by atoms with E-state index in [0.717, 1.165) is 0 Å². The van der Waals surface area contributed by atoms with Crippen molar-refractivity contribution in [3.63, 3.8) is 0 Å². The molecule has 0 aliphatic rings. The quantitative estimate of drug-likeness (QED) is 0.618. The van der Waals surface area contributed by atoms with Crippen LogP contribution in [0.3, 0.4) is 0 Å². The molecule has 2 rings (SSSR count). The standard InChI is InChI=1S/C5H4N4O/c1-4(7-3-10-1)5-6-2-8-9-5/h1-3H,(H,6,8,9). The summed E-state index contributed by atoms with van der Waals surface area (Å²) < 4.78 is 4.74. The predicted molar refractivity (Wildman–Crippen MR) is 31.9 cm³/mol. The first-order valence-electron chi connectivity index (χ1n) is 2.71. The van der Waals surface area contributed by atoms with E-state index in [1.54, 1.807) is 0 Å². The number of aromatic amines is 1. The lowest BCUT2D eigenvalue weighted by Crippen LogP contribution is -1.78. The van der Waals surface area contributed by atoms with Gasteiger partial charge in [0.15, 0.2) is 12.2 Å². The van der Waals surface area contributed by atoms with E-state index in [1.165, 1.54) is 19.0 Å². The van der Waals surface area contributed by atoms with Gasteiger partial charge in [-0.3, -0.25) is 5.10 Å². The summed E-state index contributed by atoms with van der Waals surface area (Å²) in [7, 11) is 0. The number of nitrogens with one attached hydrogen (secondary N) is 1. The number of rotatable bonds is 1. The van der Waals surface area contributed by atoms with Crippen LogP contribution in [0, 0.1) is 0 Å². The average molecular weight is 136 g/mol. The topological polar surface area (TPSA) is 67.6 Å². The molecule has 1 N–H and O–H groups in total. The number of H-pyrrole nitrogens is 1. The Labute approximate surface area is 56.1 Å². The minimum Gasteiger partial charge on any atom is -0.451 e. The summed E-state index contributed by atoms with van der Waals surface area (Å²) in [5, 5.41) is 6.32. The van der Waals surface area contributed by atoms with E-state index in [0.29, 0.717) is 11.5 Å². The summed E-state index contributed by atoms with van der Waals surface area (Å²) in [6.45, 7) is 0. The molecule has 0 unspecified atom stereocenters. The highest BCUT2D eigenvalue weighted by Gasteiger charge is 2.00. The van der Waals surface area contributed by atoms with Crippen LogP contribution in [0.4, 0.5) is 0 Å². The van der Waals surface area contributed by atoms with Gasteiger partial charge in [-0.1, -0.05) is 0 Å². The van der Waals surface area contributed by atoms with Crippen LogP contribution >= 0.6 is 0 Å². The smallest absolute Gasteiger partial charge is 0.181 e. The Morgan fingerprint density at radius 1 is 1.40 bits per heavy atom. The average Bonchev–Trinajstić information content (AvgIpc) is 2.59. The van der Waals surface area contributed by atoms with Crippen LogP contribution < -0.4 is 0 Å². The Balaban J connectivity index is 2.48. The van der Waals surface area contributed by atoms with Gasteiger partial charge >= 0.3 is 0 Å². The molecule has 10 heavy (non-hydrogen) atoms. The maximum Gasteiger partial charge on any atom is 0.181 e. The molecule has 0 saturated carbocycles. The largest absolute Gasteiger partial charge is 0.451 e. The molecular formula is C5H4N4O. The lowest BCUT2D eigenvalue weighted by Gasteiger charge is -1.80. The molecular weight excluding hydrogens is 132 g/mol. The van der Waals surface area contributed by atoms with Crippen molar-refractivity contribution in [2.75, 3.05) is 0 Å². The predicted octanol–water partition coefficient (Wildman–Crippen LogP) is 0.460. The second-order valence-electron chi connectivity index (χ2n) is 1.71. The van der Waals surface area contributed by atoms with Crippen molar-refractivity contribution in [3.8, 4) is 11.5 Å². The van der Waals surface area contributed by atoms with E-state index in [9.17, 15) is 0 Å². The molecule has 0 atom stereocenters. The van der Waals surface area contributed by atoms with Gasteiger partial charge in [-0.2, -0.15) is 5.10 Å². The zero-order valence-corrected chi connectivity index (χ0v) is 4.98. The van der Waals surface area contributed by atoms with Gasteiger partial charge in [0.25, 0.3) is 0 Å². The number of hydrogen-bond acceptors (Lipinski definition) is 4. The Kier molecular flexibility index (Phi) is 1.00. The van der Waals surface area contributed by atoms with Crippen LogP contribution in [0.5, 0.6) is 0 Å². The van der Waals surface area contributed by atoms with Crippen molar-refractivity contribution < 1.29 is 4.42 Å². The SMILES string of the molecule is c1n[nH]c(-c2cocn2)n1. The van der Waals surface area contributed by atoms with Gasteiger partial charge in [0, 0.05) is 0 Å². The molecule has 2 aromatic rings. The summed E-state index contributed by atoms with van der Waals surface area (Å²) >= 11 is 0. The molecule has 0 spiro atoms. The lowest BCUT2D eigenvalue weighted by atomic mass is 10.5. The van der Waals surface area contributed by atoms with E-state index < -0.39 is 0 Å². The minimum absolute atomic E-state index is 0.619. The van der Waals surface area contributed by atoms with Crippen molar-refractivity contribution in [1.82, 2.24) is 20.2 Å². The second-order valence-corrected chi connectivity index (χ2v) is 1.71. The lowest BCUT2D eigenvalue weighted by molar-refractivity contribution is 0.558. The minimum atomic E-state index is 0.619. The van der Waals surface area contributed by atoms with Crippen LogP contribution in [0.15, 0.2) is 23.4 Å². The first-order valence-corrected chi connectivity index (χ1v) is 2.71. The highest BCUT2D eigenvalue weighted by molar-refractivity contribution is 5.44. The zero-order chi connectivity index (χ0) is 6.81. The molecule has 5 heteroatoms. The fourth-order valence-electron chi connectivity index (χ4n) is 0.658. The monoisotopic (exact) mass is 136 g/mol. The molecule has 0 radical (unpaired) electrons. The number of oxazole rings is 1. The summed E-state index contributed by atoms with van der Waals surface area (Å²) in [6, 6.07) is 0. The molecule has 0 saturated heterocycles. The van der Waals surface area contributed by atoms with Gasteiger partial charge in [0.1, 0.15) is 18.3 Å². The molecule has 2 aromatic heterocycles. The molecule has 0 aliphatic carbocycles. The fourth-order valence-corrected chi connectivity index (χ4v) is 0.658. The molecule has 50 valence electrons. The van der Waals surface area contributed by atoms with Crippen molar-refractivity contribution in [2.45, 2.75) is 0 Å². The normalized spacial score (nSPS) is 10.0. The van der Waals surface area contributed by atoms with Gasteiger partial charge in [0.05, 0.1) is 0 Å². The molecule has 2 heterocycles. The first-order chi connectivity index (χ1) is 4.97. The molecule has 0 bridgehead atoms. The van der Waals surface area contributed by atoms with Crippen molar-refractivity contribution in [2.24, 2.45) is 0 Å². The number of hydrogen-bond donors (Lipinski definition) is 1.